The maximum absolute atomic E-state index is 13.1. The Morgan fingerprint density at radius 1 is 1.13 bits per heavy atom. The van der Waals surface area contributed by atoms with Crippen molar-refractivity contribution >= 4 is 38.3 Å². The number of morpholine rings is 1. The first-order valence-corrected chi connectivity index (χ1v) is 10.6. The lowest BCUT2D eigenvalue weighted by molar-refractivity contribution is -0.117. The molecule has 10 heteroatoms. The number of fused-ring (bicyclic) bond motifs is 1. The SMILES string of the molecule is O=C(Cn1nc(-c2ccco2)c2sc(N3CCOCC3)nc2c1=O)Nc1ccccc1. The molecular formula is C21H19N5O4S. The van der Waals surface area contributed by atoms with Crippen molar-refractivity contribution in [3.63, 3.8) is 0 Å². The first-order chi connectivity index (χ1) is 15.2. The number of benzene rings is 1. The minimum Gasteiger partial charge on any atom is -0.463 e. The molecule has 4 heterocycles. The molecule has 0 aliphatic carbocycles. The normalized spacial score (nSPS) is 14.1. The number of para-hydroxylation sites is 1. The number of nitrogens with zero attached hydrogens (tertiary/aromatic N) is 4. The van der Waals surface area contributed by atoms with Gasteiger partial charge in [0, 0.05) is 18.8 Å². The van der Waals surface area contributed by atoms with Gasteiger partial charge in [0.15, 0.2) is 16.4 Å². The number of thiazole rings is 1. The van der Waals surface area contributed by atoms with Gasteiger partial charge in [0.05, 0.1) is 24.2 Å². The Labute approximate surface area is 180 Å². The summed E-state index contributed by atoms with van der Waals surface area (Å²) in [7, 11) is 0. The van der Waals surface area contributed by atoms with E-state index in [9.17, 15) is 9.59 Å². The minimum atomic E-state index is -0.413. The van der Waals surface area contributed by atoms with E-state index in [4.69, 9.17) is 9.15 Å². The average molecular weight is 437 g/mol. The van der Waals surface area contributed by atoms with Crippen molar-refractivity contribution in [3.8, 4) is 11.5 Å². The molecule has 0 unspecified atom stereocenters. The second-order valence-corrected chi connectivity index (χ2v) is 7.95. The molecule has 1 N–H and O–H groups in total. The Morgan fingerprint density at radius 3 is 2.68 bits per heavy atom. The van der Waals surface area contributed by atoms with Crippen LogP contribution in [0.4, 0.5) is 10.8 Å². The predicted molar refractivity (Wildman–Crippen MR) is 117 cm³/mol. The number of amides is 1. The van der Waals surface area contributed by atoms with Gasteiger partial charge in [-0.3, -0.25) is 9.59 Å². The van der Waals surface area contributed by atoms with Crippen LogP contribution >= 0.6 is 11.3 Å². The van der Waals surface area contributed by atoms with E-state index in [-0.39, 0.29) is 18.0 Å². The second kappa shape index (κ2) is 8.32. The topological polar surface area (TPSA) is 102 Å². The van der Waals surface area contributed by atoms with E-state index in [0.717, 1.165) is 9.81 Å². The lowest BCUT2D eigenvalue weighted by Crippen LogP contribution is -2.36. The van der Waals surface area contributed by atoms with Crippen molar-refractivity contribution in [2.24, 2.45) is 0 Å². The molecule has 5 rings (SSSR count). The van der Waals surface area contributed by atoms with E-state index in [1.807, 2.05) is 18.2 Å². The van der Waals surface area contributed by atoms with Crippen molar-refractivity contribution in [3.05, 3.63) is 59.1 Å². The third-order valence-electron chi connectivity index (χ3n) is 4.88. The monoisotopic (exact) mass is 437 g/mol. The molecule has 0 atom stereocenters. The van der Waals surface area contributed by atoms with Gasteiger partial charge in [0.2, 0.25) is 5.91 Å². The molecule has 1 amide bonds. The van der Waals surface area contributed by atoms with Crippen LogP contribution in [-0.2, 0) is 16.1 Å². The van der Waals surface area contributed by atoms with Gasteiger partial charge in [0.1, 0.15) is 12.2 Å². The van der Waals surface area contributed by atoms with Gasteiger partial charge in [-0.15, -0.1) is 0 Å². The maximum Gasteiger partial charge on any atom is 0.294 e. The fourth-order valence-corrected chi connectivity index (χ4v) is 4.48. The summed E-state index contributed by atoms with van der Waals surface area (Å²) in [5.41, 5.74) is 1.00. The summed E-state index contributed by atoms with van der Waals surface area (Å²) in [4.78, 5) is 32.4. The summed E-state index contributed by atoms with van der Waals surface area (Å²) in [6, 6.07) is 12.6. The van der Waals surface area contributed by atoms with Gasteiger partial charge >= 0.3 is 0 Å². The molecule has 0 spiro atoms. The van der Waals surface area contributed by atoms with E-state index in [1.165, 1.54) is 11.3 Å². The Bertz CT molecular complexity index is 1260. The Morgan fingerprint density at radius 2 is 1.94 bits per heavy atom. The molecule has 0 radical (unpaired) electrons. The van der Waals surface area contributed by atoms with Crippen molar-refractivity contribution in [1.82, 2.24) is 14.8 Å². The largest absolute Gasteiger partial charge is 0.463 e. The van der Waals surface area contributed by atoms with E-state index in [1.54, 1.807) is 30.5 Å². The summed E-state index contributed by atoms with van der Waals surface area (Å²) in [5, 5.41) is 7.97. The zero-order valence-corrected chi connectivity index (χ0v) is 17.3. The van der Waals surface area contributed by atoms with E-state index >= 15 is 0 Å². The van der Waals surface area contributed by atoms with Crippen molar-refractivity contribution in [2.45, 2.75) is 6.54 Å². The van der Waals surface area contributed by atoms with Crippen molar-refractivity contribution in [2.75, 3.05) is 36.5 Å². The number of rotatable bonds is 5. The van der Waals surface area contributed by atoms with E-state index in [2.05, 4.69) is 20.3 Å². The van der Waals surface area contributed by atoms with Gasteiger partial charge in [-0.1, -0.05) is 29.5 Å². The first kappa shape index (κ1) is 19.5. The lowest BCUT2D eigenvalue weighted by Gasteiger charge is -2.25. The van der Waals surface area contributed by atoms with E-state index in [0.29, 0.717) is 48.1 Å². The summed E-state index contributed by atoms with van der Waals surface area (Å²) in [6.45, 7) is 2.40. The summed E-state index contributed by atoms with van der Waals surface area (Å²) in [6.07, 6.45) is 1.55. The zero-order valence-electron chi connectivity index (χ0n) is 16.5. The van der Waals surface area contributed by atoms with Crippen LogP contribution in [0.1, 0.15) is 0 Å². The van der Waals surface area contributed by atoms with Crippen LogP contribution in [0.2, 0.25) is 0 Å². The molecule has 9 nitrogen and oxygen atoms in total. The van der Waals surface area contributed by atoms with Crippen molar-refractivity contribution < 1.29 is 13.9 Å². The average Bonchev–Trinajstić information content (AvgIpc) is 3.48. The predicted octanol–water partition coefficient (Wildman–Crippen LogP) is 2.59. The van der Waals surface area contributed by atoms with E-state index < -0.39 is 5.56 Å². The van der Waals surface area contributed by atoms with Crippen LogP contribution < -0.4 is 15.8 Å². The highest BCUT2D eigenvalue weighted by atomic mass is 32.1. The molecule has 158 valence electrons. The molecule has 4 aromatic rings. The van der Waals surface area contributed by atoms with Crippen LogP contribution in [0.15, 0.2) is 57.9 Å². The molecular weight excluding hydrogens is 418 g/mol. The van der Waals surface area contributed by atoms with Gasteiger partial charge in [-0.05, 0) is 24.3 Å². The molecule has 0 bridgehead atoms. The number of aromatic nitrogens is 3. The number of carbonyl (C=O) groups is 1. The van der Waals surface area contributed by atoms with Crippen LogP contribution in [0.25, 0.3) is 21.7 Å². The number of hydrogen-bond donors (Lipinski definition) is 1. The van der Waals surface area contributed by atoms with Crippen LogP contribution in [0.5, 0.6) is 0 Å². The smallest absolute Gasteiger partial charge is 0.294 e. The standard InChI is InChI=1S/C21H19N5O4S/c27-16(22-14-5-2-1-3-6-14)13-26-20(28)18-19(17(24-26)15-7-4-10-30-15)31-21(23-18)25-8-11-29-12-9-25/h1-7,10H,8-9,11-13H2,(H,22,27). The number of ether oxygens (including phenoxy) is 1. The number of nitrogens with one attached hydrogen (secondary N) is 1. The third-order valence-corrected chi connectivity index (χ3v) is 6.00. The Hall–Kier alpha value is -3.50. The summed E-state index contributed by atoms with van der Waals surface area (Å²) >= 11 is 1.40. The van der Waals surface area contributed by atoms with Gasteiger partial charge in [0.25, 0.3) is 5.56 Å². The quantitative estimate of drug-likeness (QED) is 0.512. The third kappa shape index (κ3) is 3.94. The second-order valence-electron chi connectivity index (χ2n) is 6.98. The molecule has 1 saturated heterocycles. The number of hydrogen-bond acceptors (Lipinski definition) is 8. The number of furan rings is 1. The Balaban J connectivity index is 1.54. The molecule has 31 heavy (non-hydrogen) atoms. The van der Waals surface area contributed by atoms with Gasteiger partial charge < -0.3 is 19.4 Å². The molecule has 1 aromatic carbocycles. The molecule has 1 aliphatic rings. The maximum atomic E-state index is 13.1. The number of anilines is 2. The molecule has 0 saturated carbocycles. The molecule has 3 aromatic heterocycles. The van der Waals surface area contributed by atoms with Gasteiger partial charge in [-0.25, -0.2) is 9.67 Å². The molecule has 1 aliphatic heterocycles. The highest BCUT2D eigenvalue weighted by molar-refractivity contribution is 7.22. The first-order valence-electron chi connectivity index (χ1n) is 9.82. The highest BCUT2D eigenvalue weighted by Crippen LogP contribution is 2.34. The van der Waals surface area contributed by atoms with Crippen molar-refractivity contribution in [1.29, 1.82) is 0 Å². The van der Waals surface area contributed by atoms with Crippen LogP contribution in [0.3, 0.4) is 0 Å². The lowest BCUT2D eigenvalue weighted by atomic mass is 10.3. The van der Waals surface area contributed by atoms with Gasteiger partial charge in [-0.2, -0.15) is 5.10 Å². The van der Waals surface area contributed by atoms with Crippen LogP contribution in [0, 0.1) is 0 Å². The Kier molecular flexibility index (Phi) is 5.23. The summed E-state index contributed by atoms with van der Waals surface area (Å²) in [5.74, 6) is 0.161. The zero-order chi connectivity index (χ0) is 21.2. The minimum absolute atomic E-state index is 0.234. The fraction of sp³-hybridized carbons (Fsp3) is 0.238. The highest BCUT2D eigenvalue weighted by Gasteiger charge is 2.23. The fourth-order valence-electron chi connectivity index (χ4n) is 3.38. The summed E-state index contributed by atoms with van der Waals surface area (Å²) < 4.78 is 12.7. The van der Waals surface area contributed by atoms with Crippen LogP contribution in [-0.4, -0.2) is 47.0 Å². The molecule has 1 fully saturated rings. The number of carbonyl (C=O) groups excluding carboxylic acids is 1.